The van der Waals surface area contributed by atoms with Crippen LogP contribution in [0.1, 0.15) is 19.8 Å². The minimum atomic E-state index is -2.14. The van der Waals surface area contributed by atoms with Crippen LogP contribution in [0.4, 0.5) is 0 Å². The molecule has 0 unspecified atom stereocenters. The van der Waals surface area contributed by atoms with E-state index in [9.17, 15) is 0 Å². The Bertz CT molecular complexity index is 737. The van der Waals surface area contributed by atoms with Gasteiger partial charge in [0.2, 0.25) is 0 Å². The zero-order chi connectivity index (χ0) is 19.0. The zero-order valence-electron chi connectivity index (χ0n) is 15.8. The van der Waals surface area contributed by atoms with Gasteiger partial charge in [-0.25, -0.2) is 0 Å². The van der Waals surface area contributed by atoms with Crippen LogP contribution in [0.5, 0.6) is 0 Å². The van der Waals surface area contributed by atoms with Crippen LogP contribution in [0.25, 0.3) is 0 Å². The third-order valence-corrected chi connectivity index (χ3v) is 12.6. The summed E-state index contributed by atoms with van der Waals surface area (Å²) < 4.78 is 1.44. The van der Waals surface area contributed by atoms with E-state index in [0.717, 1.165) is 6.04 Å². The van der Waals surface area contributed by atoms with Gasteiger partial charge in [0, 0.05) is 0 Å². The second-order valence-corrected chi connectivity index (χ2v) is 13.5. The van der Waals surface area contributed by atoms with Gasteiger partial charge in [-0.3, -0.25) is 0 Å². The summed E-state index contributed by atoms with van der Waals surface area (Å²) in [6.07, 6.45) is 2.52. The third kappa shape index (κ3) is 4.91. The molecule has 0 aliphatic rings. The maximum absolute atomic E-state index is 3.41. The molecule has 3 aromatic carbocycles. The fourth-order valence-corrected chi connectivity index (χ4v) is 11.5. The molecule has 0 spiro atoms. The van der Waals surface area contributed by atoms with Gasteiger partial charge in [-0.15, -0.1) is 0 Å². The predicted molar refractivity (Wildman–Crippen MR) is 127 cm³/mol. The first kappa shape index (κ1) is 20.4. The first-order chi connectivity index (χ1) is 13.3. The molecule has 0 nitrogen and oxygen atoms in total. The Balaban J connectivity index is 2.12. The molecule has 3 rings (SSSR count). The Morgan fingerprint density at radius 3 is 1.52 bits per heavy atom. The summed E-state index contributed by atoms with van der Waals surface area (Å²) in [5.74, 6) is 1.20. The monoisotopic (exact) mass is 454 g/mol. The summed E-state index contributed by atoms with van der Waals surface area (Å²) in [5.41, 5.74) is 0. The van der Waals surface area contributed by atoms with Crippen molar-refractivity contribution >= 4 is 54.7 Å². The van der Waals surface area contributed by atoms with Crippen molar-refractivity contribution in [3.05, 3.63) is 91.0 Å². The summed E-state index contributed by atoms with van der Waals surface area (Å²) in [5, 5.41) is 4.43. The average Bonchev–Trinajstić information content (AvgIpc) is 2.74. The van der Waals surface area contributed by atoms with Crippen molar-refractivity contribution in [1.29, 1.82) is 0 Å². The molecule has 0 aliphatic heterocycles. The molecule has 0 heterocycles. The van der Waals surface area contributed by atoms with E-state index in [-0.39, 0.29) is 0 Å². The van der Waals surface area contributed by atoms with E-state index in [2.05, 4.69) is 113 Å². The molecule has 138 valence electrons. The summed E-state index contributed by atoms with van der Waals surface area (Å²) in [4.78, 5) is 0. The SMILES string of the molecule is CCCCSC(=[Se])C[Si](c1ccccc1)(c1ccccc1)c1ccccc1. The van der Waals surface area contributed by atoms with Gasteiger partial charge in [0.1, 0.15) is 0 Å². The Labute approximate surface area is 176 Å². The molecule has 0 saturated carbocycles. The Kier molecular flexibility index (Phi) is 7.72. The molecule has 3 aromatic rings. The van der Waals surface area contributed by atoms with Crippen LogP contribution >= 0.6 is 11.8 Å². The van der Waals surface area contributed by atoms with Crippen LogP contribution in [-0.2, 0) is 0 Å². The van der Waals surface area contributed by atoms with Crippen LogP contribution in [0.3, 0.4) is 0 Å². The first-order valence-corrected chi connectivity index (χ1v) is 13.6. The van der Waals surface area contributed by atoms with E-state index in [1.165, 1.54) is 37.9 Å². The number of thioether (sulfide) groups is 1. The fourth-order valence-electron chi connectivity index (χ4n) is 3.57. The van der Waals surface area contributed by atoms with Crippen molar-refractivity contribution in [2.75, 3.05) is 5.75 Å². The summed E-state index contributed by atoms with van der Waals surface area (Å²) in [7, 11) is -2.14. The first-order valence-electron chi connectivity index (χ1n) is 9.59. The van der Waals surface area contributed by atoms with Crippen molar-refractivity contribution in [2.45, 2.75) is 25.8 Å². The van der Waals surface area contributed by atoms with Gasteiger partial charge in [-0.2, -0.15) is 0 Å². The Hall–Kier alpha value is -1.38. The van der Waals surface area contributed by atoms with E-state index in [4.69, 9.17) is 0 Å². The van der Waals surface area contributed by atoms with E-state index in [0.29, 0.717) is 0 Å². The second-order valence-electron chi connectivity index (χ2n) is 6.75. The van der Waals surface area contributed by atoms with Crippen molar-refractivity contribution in [3.63, 3.8) is 0 Å². The van der Waals surface area contributed by atoms with Gasteiger partial charge in [-0.1, -0.05) is 0 Å². The molecule has 0 saturated heterocycles. The molecule has 0 N–H and O–H groups in total. The van der Waals surface area contributed by atoms with Crippen LogP contribution in [0.15, 0.2) is 91.0 Å². The van der Waals surface area contributed by atoms with E-state index < -0.39 is 8.07 Å². The summed E-state index contributed by atoms with van der Waals surface area (Å²) in [6, 6.07) is 34.6. The fraction of sp³-hybridized carbons (Fsp3) is 0.208. The maximum atomic E-state index is 3.41. The van der Waals surface area contributed by atoms with Crippen LogP contribution < -0.4 is 15.6 Å². The van der Waals surface area contributed by atoms with Gasteiger partial charge >= 0.3 is 177 Å². The molecular formula is C24H26SSeSi. The molecule has 0 atom stereocenters. The van der Waals surface area contributed by atoms with Crippen molar-refractivity contribution in [1.82, 2.24) is 0 Å². The number of benzene rings is 3. The van der Waals surface area contributed by atoms with Gasteiger partial charge in [-0.05, 0) is 0 Å². The quantitative estimate of drug-likeness (QED) is 0.268. The van der Waals surface area contributed by atoms with Crippen LogP contribution in [0.2, 0.25) is 6.04 Å². The number of rotatable bonds is 9. The van der Waals surface area contributed by atoms with Gasteiger partial charge < -0.3 is 0 Å². The van der Waals surface area contributed by atoms with Crippen LogP contribution in [-0.4, -0.2) is 33.2 Å². The van der Waals surface area contributed by atoms with Gasteiger partial charge in [0.25, 0.3) is 0 Å². The second kappa shape index (κ2) is 10.2. The van der Waals surface area contributed by atoms with Crippen molar-refractivity contribution < 1.29 is 0 Å². The molecule has 27 heavy (non-hydrogen) atoms. The molecule has 0 fully saturated rings. The standard InChI is InChI=1S/C24H26SSeSi/c1-2-3-19-25-24(26)20-27(21-13-7-4-8-14-21,22-15-9-5-10-16-22)23-17-11-6-12-18-23/h4-18H,2-3,19-20H2,1H3. The third-order valence-electron chi connectivity index (χ3n) is 4.97. The van der Waals surface area contributed by atoms with Crippen LogP contribution in [0, 0.1) is 0 Å². The van der Waals surface area contributed by atoms with Crippen molar-refractivity contribution in [3.8, 4) is 0 Å². The number of unbranched alkanes of at least 4 members (excludes halogenated alkanes) is 1. The van der Waals surface area contributed by atoms with E-state index in [1.54, 1.807) is 0 Å². The average molecular weight is 454 g/mol. The number of hydrogen-bond acceptors (Lipinski definition) is 1. The Morgan fingerprint density at radius 2 is 1.15 bits per heavy atom. The van der Waals surface area contributed by atoms with E-state index in [1.807, 2.05) is 11.8 Å². The topological polar surface area (TPSA) is 0 Å². The van der Waals surface area contributed by atoms with Gasteiger partial charge in [0.05, 0.1) is 0 Å². The molecule has 0 bridgehead atoms. The predicted octanol–water partition coefficient (Wildman–Crippen LogP) is 3.99. The number of hydrogen-bond donors (Lipinski definition) is 0. The van der Waals surface area contributed by atoms with Gasteiger partial charge in [0.15, 0.2) is 0 Å². The van der Waals surface area contributed by atoms with Crippen molar-refractivity contribution in [2.24, 2.45) is 0 Å². The normalized spacial score (nSPS) is 11.3. The Morgan fingerprint density at radius 1 is 0.741 bits per heavy atom. The zero-order valence-corrected chi connectivity index (χ0v) is 19.3. The molecule has 0 aliphatic carbocycles. The minimum absolute atomic E-state index is 1.10. The summed E-state index contributed by atoms with van der Waals surface area (Å²) in [6.45, 7) is 2.26. The molecule has 3 heteroatoms. The molecule has 0 aromatic heterocycles. The van der Waals surface area contributed by atoms with E-state index >= 15 is 0 Å². The molecule has 0 amide bonds. The molecular weight excluding hydrogens is 427 g/mol. The summed E-state index contributed by atoms with van der Waals surface area (Å²) >= 11 is 5.42. The molecule has 0 radical (unpaired) electrons.